The fraction of sp³-hybridized carbons (Fsp3) is 0.467. The van der Waals surface area contributed by atoms with Crippen LogP contribution in [0.15, 0.2) is 24.3 Å². The number of carboxylic acid groups (broad SMARTS) is 1. The van der Waals surface area contributed by atoms with Crippen LogP contribution < -0.4 is 5.32 Å². The second kappa shape index (κ2) is 9.42. The molecule has 0 atom stereocenters. The fourth-order valence-electron chi connectivity index (χ4n) is 1.75. The zero-order valence-electron chi connectivity index (χ0n) is 11.7. The monoisotopic (exact) mass is 295 g/mol. The van der Waals surface area contributed by atoms with Gasteiger partial charge in [0.05, 0.1) is 5.75 Å². The van der Waals surface area contributed by atoms with Crippen molar-refractivity contribution in [2.24, 2.45) is 0 Å². The molecular formula is C15H21NO3S. The summed E-state index contributed by atoms with van der Waals surface area (Å²) in [7, 11) is 0. The Morgan fingerprint density at radius 1 is 1.30 bits per heavy atom. The van der Waals surface area contributed by atoms with Crippen LogP contribution in [0.3, 0.4) is 0 Å². The van der Waals surface area contributed by atoms with Gasteiger partial charge in [0, 0.05) is 17.9 Å². The molecule has 0 unspecified atom stereocenters. The zero-order chi connectivity index (χ0) is 14.8. The van der Waals surface area contributed by atoms with Gasteiger partial charge in [-0.1, -0.05) is 31.9 Å². The van der Waals surface area contributed by atoms with Crippen LogP contribution in [-0.2, 0) is 15.3 Å². The van der Waals surface area contributed by atoms with Crippen molar-refractivity contribution in [3.05, 3.63) is 29.8 Å². The van der Waals surface area contributed by atoms with E-state index in [0.29, 0.717) is 12.2 Å². The van der Waals surface area contributed by atoms with Crippen molar-refractivity contribution in [2.45, 2.75) is 38.4 Å². The molecule has 110 valence electrons. The molecule has 1 aromatic carbocycles. The van der Waals surface area contributed by atoms with Crippen molar-refractivity contribution >= 4 is 29.3 Å². The average Bonchev–Trinajstić information content (AvgIpc) is 2.39. The maximum absolute atomic E-state index is 11.7. The molecule has 1 aromatic rings. The van der Waals surface area contributed by atoms with Crippen LogP contribution in [0.1, 0.15) is 38.2 Å². The highest BCUT2D eigenvalue weighted by atomic mass is 32.2. The van der Waals surface area contributed by atoms with E-state index >= 15 is 0 Å². The third kappa shape index (κ3) is 7.19. The number of benzene rings is 1. The molecule has 0 aliphatic heterocycles. The molecule has 5 heteroatoms. The number of amides is 1. The first-order valence-electron chi connectivity index (χ1n) is 6.80. The Balaban J connectivity index is 2.42. The second-order valence-corrected chi connectivity index (χ2v) is 5.58. The highest BCUT2D eigenvalue weighted by Crippen LogP contribution is 2.17. The van der Waals surface area contributed by atoms with E-state index in [0.717, 1.165) is 30.5 Å². The minimum absolute atomic E-state index is 0.0359. The molecular weight excluding hydrogens is 274 g/mol. The minimum atomic E-state index is -0.810. The number of rotatable bonds is 9. The van der Waals surface area contributed by atoms with E-state index in [2.05, 4.69) is 12.2 Å². The third-order valence-electron chi connectivity index (χ3n) is 2.71. The second-order valence-electron chi connectivity index (χ2n) is 4.59. The first-order chi connectivity index (χ1) is 9.61. The number of unbranched alkanes of at least 4 members (excludes halogenated alkanes) is 2. The molecule has 1 amide bonds. The van der Waals surface area contributed by atoms with E-state index in [1.54, 1.807) is 0 Å². The fourth-order valence-corrected chi connectivity index (χ4v) is 2.45. The first kappa shape index (κ1) is 16.6. The van der Waals surface area contributed by atoms with Gasteiger partial charge in [-0.25, -0.2) is 0 Å². The summed E-state index contributed by atoms with van der Waals surface area (Å²) in [5, 5.41) is 11.5. The molecule has 0 fully saturated rings. The molecule has 0 aliphatic rings. The highest BCUT2D eigenvalue weighted by molar-refractivity contribution is 7.99. The van der Waals surface area contributed by atoms with Crippen LogP contribution in [0, 0.1) is 0 Å². The van der Waals surface area contributed by atoms with Gasteiger partial charge in [0.2, 0.25) is 5.91 Å². The number of aliphatic carboxylic acids is 1. The lowest BCUT2D eigenvalue weighted by Crippen LogP contribution is -2.11. The van der Waals surface area contributed by atoms with E-state index in [4.69, 9.17) is 5.11 Å². The number of nitrogens with one attached hydrogen (secondary N) is 1. The Bertz CT molecular complexity index is 448. The summed E-state index contributed by atoms with van der Waals surface area (Å²) in [5.41, 5.74) is 1.79. The lowest BCUT2D eigenvalue weighted by Gasteiger charge is -2.07. The van der Waals surface area contributed by atoms with Crippen molar-refractivity contribution in [2.75, 3.05) is 11.1 Å². The van der Waals surface area contributed by atoms with Crippen molar-refractivity contribution in [3.63, 3.8) is 0 Å². The van der Waals surface area contributed by atoms with Gasteiger partial charge in [-0.05, 0) is 24.1 Å². The normalized spacial score (nSPS) is 10.2. The number of thioether (sulfide) groups is 1. The summed E-state index contributed by atoms with van der Waals surface area (Å²) in [5.74, 6) is -0.0522. The van der Waals surface area contributed by atoms with Crippen LogP contribution in [-0.4, -0.2) is 22.7 Å². The van der Waals surface area contributed by atoms with Crippen molar-refractivity contribution in [1.82, 2.24) is 0 Å². The summed E-state index contributed by atoms with van der Waals surface area (Å²) >= 11 is 1.35. The Morgan fingerprint density at radius 2 is 2.10 bits per heavy atom. The van der Waals surface area contributed by atoms with Gasteiger partial charge in [0.1, 0.15) is 0 Å². The standard InChI is InChI=1S/C15H21NO3S/c1-2-3-4-8-14(17)16-13-7-5-6-12(9-13)10-20-11-15(18)19/h5-7,9H,2-4,8,10-11H2,1H3,(H,16,17)(H,18,19). The number of hydrogen-bond donors (Lipinski definition) is 2. The molecule has 0 saturated carbocycles. The summed E-state index contributed by atoms with van der Waals surface area (Å²) in [6.07, 6.45) is 3.63. The Labute approximate surface area is 124 Å². The number of carboxylic acids is 1. The topological polar surface area (TPSA) is 66.4 Å². The quantitative estimate of drug-likeness (QED) is 0.684. The van der Waals surface area contributed by atoms with E-state index < -0.39 is 5.97 Å². The summed E-state index contributed by atoms with van der Waals surface area (Å²) in [6.45, 7) is 2.11. The summed E-state index contributed by atoms with van der Waals surface area (Å²) in [4.78, 5) is 22.2. The first-order valence-corrected chi connectivity index (χ1v) is 7.95. The van der Waals surface area contributed by atoms with Gasteiger partial charge in [-0.15, -0.1) is 11.8 Å². The molecule has 0 radical (unpaired) electrons. The number of carbonyl (C=O) groups excluding carboxylic acids is 1. The Morgan fingerprint density at radius 3 is 2.80 bits per heavy atom. The zero-order valence-corrected chi connectivity index (χ0v) is 12.5. The Kier molecular flexibility index (Phi) is 7.80. The highest BCUT2D eigenvalue weighted by Gasteiger charge is 2.03. The number of anilines is 1. The van der Waals surface area contributed by atoms with E-state index in [1.807, 2.05) is 24.3 Å². The summed E-state index contributed by atoms with van der Waals surface area (Å²) in [6, 6.07) is 7.55. The van der Waals surface area contributed by atoms with Crippen LogP contribution in [0.4, 0.5) is 5.69 Å². The molecule has 0 aromatic heterocycles. The van der Waals surface area contributed by atoms with Crippen molar-refractivity contribution in [3.8, 4) is 0 Å². The maximum Gasteiger partial charge on any atom is 0.313 e. The molecule has 0 saturated heterocycles. The van der Waals surface area contributed by atoms with E-state index in [1.165, 1.54) is 11.8 Å². The lowest BCUT2D eigenvalue weighted by atomic mass is 10.2. The average molecular weight is 295 g/mol. The number of carbonyl (C=O) groups is 2. The van der Waals surface area contributed by atoms with E-state index in [9.17, 15) is 9.59 Å². The molecule has 0 bridgehead atoms. The molecule has 0 heterocycles. The molecule has 20 heavy (non-hydrogen) atoms. The minimum Gasteiger partial charge on any atom is -0.481 e. The maximum atomic E-state index is 11.7. The lowest BCUT2D eigenvalue weighted by molar-refractivity contribution is -0.133. The summed E-state index contributed by atoms with van der Waals surface area (Å²) < 4.78 is 0. The Hall–Kier alpha value is -1.49. The van der Waals surface area contributed by atoms with Crippen LogP contribution >= 0.6 is 11.8 Å². The third-order valence-corrected chi connectivity index (χ3v) is 3.70. The molecule has 1 rings (SSSR count). The van der Waals surface area contributed by atoms with Gasteiger partial charge in [-0.3, -0.25) is 9.59 Å². The number of hydrogen-bond acceptors (Lipinski definition) is 3. The smallest absolute Gasteiger partial charge is 0.313 e. The van der Waals surface area contributed by atoms with Crippen LogP contribution in [0.25, 0.3) is 0 Å². The predicted molar refractivity (Wildman–Crippen MR) is 83.0 cm³/mol. The van der Waals surface area contributed by atoms with Gasteiger partial charge < -0.3 is 10.4 Å². The molecule has 4 nitrogen and oxygen atoms in total. The van der Waals surface area contributed by atoms with Gasteiger partial charge in [0.15, 0.2) is 0 Å². The molecule has 0 spiro atoms. The SMILES string of the molecule is CCCCCC(=O)Nc1cccc(CSCC(=O)O)c1. The van der Waals surface area contributed by atoms with Crippen molar-refractivity contribution < 1.29 is 14.7 Å². The van der Waals surface area contributed by atoms with Crippen LogP contribution in [0.5, 0.6) is 0 Å². The van der Waals surface area contributed by atoms with Gasteiger partial charge in [0.25, 0.3) is 0 Å². The van der Waals surface area contributed by atoms with E-state index in [-0.39, 0.29) is 11.7 Å². The van der Waals surface area contributed by atoms with Gasteiger partial charge >= 0.3 is 5.97 Å². The van der Waals surface area contributed by atoms with Crippen molar-refractivity contribution in [1.29, 1.82) is 0 Å². The molecule has 2 N–H and O–H groups in total. The van der Waals surface area contributed by atoms with Gasteiger partial charge in [-0.2, -0.15) is 0 Å². The predicted octanol–water partition coefficient (Wildman–Crippen LogP) is 3.52. The van der Waals surface area contributed by atoms with Crippen LogP contribution in [0.2, 0.25) is 0 Å². The molecule has 0 aliphatic carbocycles. The largest absolute Gasteiger partial charge is 0.481 e.